The van der Waals surface area contributed by atoms with E-state index in [2.05, 4.69) is 30.6 Å². The summed E-state index contributed by atoms with van der Waals surface area (Å²) < 4.78 is 0. The van der Waals surface area contributed by atoms with Crippen molar-refractivity contribution in [2.24, 2.45) is 5.41 Å². The highest BCUT2D eigenvalue weighted by molar-refractivity contribution is 5.80. The van der Waals surface area contributed by atoms with Crippen molar-refractivity contribution in [1.82, 2.24) is 10.6 Å². The third-order valence-electron chi connectivity index (χ3n) is 2.44. The Morgan fingerprint density at radius 3 is 2.60 bits per heavy atom. The second kappa shape index (κ2) is 6.41. The number of amides is 1. The van der Waals surface area contributed by atoms with Crippen molar-refractivity contribution < 1.29 is 4.79 Å². The molecule has 0 aliphatic rings. The van der Waals surface area contributed by atoms with Crippen molar-refractivity contribution in [2.45, 2.75) is 39.7 Å². The third kappa shape index (κ3) is 6.08. The number of likely N-dealkylation sites (N-methyl/N-ethyl adjacent to an activating group) is 1. The summed E-state index contributed by atoms with van der Waals surface area (Å²) in [6, 6.07) is 1.95. The van der Waals surface area contributed by atoms with Crippen molar-refractivity contribution in [3.63, 3.8) is 0 Å². The molecule has 4 nitrogen and oxygen atoms in total. The minimum Gasteiger partial charge on any atom is -0.358 e. The first kappa shape index (κ1) is 13.9. The highest BCUT2D eigenvalue weighted by Crippen LogP contribution is 2.20. The summed E-state index contributed by atoms with van der Waals surface area (Å²) in [6.45, 7) is 6.75. The van der Waals surface area contributed by atoms with E-state index >= 15 is 0 Å². The van der Waals surface area contributed by atoms with Gasteiger partial charge in [0.25, 0.3) is 0 Å². The van der Waals surface area contributed by atoms with Gasteiger partial charge in [0.2, 0.25) is 5.91 Å². The normalized spacial score (nSPS) is 13.0. The van der Waals surface area contributed by atoms with Gasteiger partial charge in [-0.3, -0.25) is 4.79 Å². The van der Waals surface area contributed by atoms with Crippen molar-refractivity contribution >= 4 is 5.91 Å². The molecule has 1 atom stereocenters. The number of nitrogens with one attached hydrogen (secondary N) is 2. The second-order valence-corrected chi connectivity index (χ2v) is 4.54. The molecule has 0 radical (unpaired) electrons. The lowest BCUT2D eigenvalue weighted by Gasteiger charge is -2.25. The molecular formula is C11H21N3O. The van der Waals surface area contributed by atoms with Crippen molar-refractivity contribution in [3.8, 4) is 6.07 Å². The number of hydrogen-bond acceptors (Lipinski definition) is 3. The summed E-state index contributed by atoms with van der Waals surface area (Å²) in [5.74, 6) is -0.00826. The number of nitriles is 1. The van der Waals surface area contributed by atoms with Crippen LogP contribution in [0.5, 0.6) is 0 Å². The molecule has 0 heterocycles. The van der Waals surface area contributed by atoms with Gasteiger partial charge in [-0.25, -0.2) is 0 Å². The van der Waals surface area contributed by atoms with E-state index in [0.29, 0.717) is 6.42 Å². The Kier molecular flexibility index (Phi) is 5.95. The molecule has 1 amide bonds. The van der Waals surface area contributed by atoms with Gasteiger partial charge in [-0.2, -0.15) is 5.26 Å². The largest absolute Gasteiger partial charge is 0.358 e. The van der Waals surface area contributed by atoms with E-state index in [4.69, 9.17) is 5.26 Å². The summed E-state index contributed by atoms with van der Waals surface area (Å²) in [4.78, 5) is 11.2. The first-order valence-electron chi connectivity index (χ1n) is 5.25. The lowest BCUT2D eigenvalue weighted by molar-refractivity contribution is -0.122. The minimum absolute atomic E-state index is 0.00826. The van der Waals surface area contributed by atoms with Crippen molar-refractivity contribution in [1.29, 1.82) is 5.26 Å². The van der Waals surface area contributed by atoms with Crippen LogP contribution in [0.1, 0.15) is 33.6 Å². The molecule has 2 N–H and O–H groups in total. The first-order valence-corrected chi connectivity index (χ1v) is 5.25. The van der Waals surface area contributed by atoms with E-state index in [0.717, 1.165) is 13.0 Å². The van der Waals surface area contributed by atoms with E-state index in [1.165, 1.54) is 0 Å². The molecule has 0 aliphatic heterocycles. The van der Waals surface area contributed by atoms with E-state index in [-0.39, 0.29) is 17.4 Å². The molecule has 15 heavy (non-hydrogen) atoms. The van der Waals surface area contributed by atoms with Crippen LogP contribution in [-0.4, -0.2) is 25.5 Å². The van der Waals surface area contributed by atoms with Gasteiger partial charge in [0.05, 0.1) is 12.1 Å². The van der Waals surface area contributed by atoms with Gasteiger partial charge >= 0.3 is 0 Å². The van der Waals surface area contributed by atoms with Crippen LogP contribution in [0.2, 0.25) is 0 Å². The van der Waals surface area contributed by atoms with Crippen LogP contribution in [0.25, 0.3) is 0 Å². The van der Waals surface area contributed by atoms with Gasteiger partial charge in [0, 0.05) is 20.0 Å². The highest BCUT2D eigenvalue weighted by atomic mass is 16.2. The van der Waals surface area contributed by atoms with Gasteiger partial charge in [0.15, 0.2) is 0 Å². The van der Waals surface area contributed by atoms with Gasteiger partial charge in [-0.15, -0.1) is 0 Å². The molecule has 86 valence electrons. The van der Waals surface area contributed by atoms with Gasteiger partial charge in [-0.05, 0) is 18.8 Å². The standard InChI is InChI=1S/C11H21N3O/c1-9(10(15)13-4)14-8-11(2,3)6-5-7-12/h9,14H,5-6,8H2,1-4H3,(H,13,15). The molecule has 0 saturated carbocycles. The fraction of sp³-hybridized carbons (Fsp3) is 0.818. The van der Waals surface area contributed by atoms with Crippen LogP contribution in [-0.2, 0) is 4.79 Å². The lowest BCUT2D eigenvalue weighted by atomic mass is 9.88. The maximum Gasteiger partial charge on any atom is 0.236 e. The van der Waals surface area contributed by atoms with Crippen molar-refractivity contribution in [3.05, 3.63) is 0 Å². The van der Waals surface area contributed by atoms with Gasteiger partial charge in [0.1, 0.15) is 0 Å². The number of carbonyl (C=O) groups excluding carboxylic acids is 1. The summed E-state index contributed by atoms with van der Waals surface area (Å²) in [7, 11) is 1.63. The number of nitrogens with zero attached hydrogens (tertiary/aromatic N) is 1. The Hall–Kier alpha value is -1.08. The number of carbonyl (C=O) groups is 1. The molecular weight excluding hydrogens is 190 g/mol. The molecule has 0 spiro atoms. The van der Waals surface area contributed by atoms with Gasteiger partial charge < -0.3 is 10.6 Å². The summed E-state index contributed by atoms with van der Waals surface area (Å²) in [5.41, 5.74) is 0.0536. The van der Waals surface area contributed by atoms with E-state index in [1.807, 2.05) is 6.92 Å². The zero-order chi connectivity index (χ0) is 11.9. The quantitative estimate of drug-likeness (QED) is 0.690. The summed E-state index contributed by atoms with van der Waals surface area (Å²) in [5, 5.41) is 14.3. The fourth-order valence-corrected chi connectivity index (χ4v) is 1.22. The number of hydrogen-bond donors (Lipinski definition) is 2. The molecule has 0 saturated heterocycles. The van der Waals surface area contributed by atoms with Crippen LogP contribution in [0.3, 0.4) is 0 Å². The minimum atomic E-state index is -0.184. The Bertz CT molecular complexity index is 243. The molecule has 0 aliphatic carbocycles. The Morgan fingerprint density at radius 2 is 2.13 bits per heavy atom. The highest BCUT2D eigenvalue weighted by Gasteiger charge is 2.19. The molecule has 0 rings (SSSR count). The van der Waals surface area contributed by atoms with E-state index in [1.54, 1.807) is 7.05 Å². The van der Waals surface area contributed by atoms with Crippen LogP contribution in [0, 0.1) is 16.7 Å². The predicted octanol–water partition coefficient (Wildman–Crippen LogP) is 1.04. The summed E-state index contributed by atoms with van der Waals surface area (Å²) >= 11 is 0. The summed E-state index contributed by atoms with van der Waals surface area (Å²) in [6.07, 6.45) is 1.40. The lowest BCUT2D eigenvalue weighted by Crippen LogP contribution is -2.44. The van der Waals surface area contributed by atoms with E-state index in [9.17, 15) is 4.79 Å². The molecule has 0 aromatic carbocycles. The third-order valence-corrected chi connectivity index (χ3v) is 2.44. The zero-order valence-electron chi connectivity index (χ0n) is 10.1. The Balaban J connectivity index is 3.93. The van der Waals surface area contributed by atoms with Gasteiger partial charge in [-0.1, -0.05) is 13.8 Å². The molecule has 0 aromatic heterocycles. The maximum atomic E-state index is 11.2. The van der Waals surface area contributed by atoms with Crippen molar-refractivity contribution in [2.75, 3.05) is 13.6 Å². The molecule has 0 fully saturated rings. The molecule has 1 unspecified atom stereocenters. The second-order valence-electron chi connectivity index (χ2n) is 4.54. The zero-order valence-corrected chi connectivity index (χ0v) is 10.1. The molecule has 4 heteroatoms. The SMILES string of the molecule is CNC(=O)C(C)NCC(C)(C)CCC#N. The number of rotatable bonds is 6. The van der Waals surface area contributed by atoms with Crippen LogP contribution < -0.4 is 10.6 Å². The predicted molar refractivity (Wildman–Crippen MR) is 60.2 cm³/mol. The smallest absolute Gasteiger partial charge is 0.236 e. The average molecular weight is 211 g/mol. The Labute approximate surface area is 92.0 Å². The average Bonchev–Trinajstić information content (AvgIpc) is 2.22. The molecule has 0 aromatic rings. The maximum absolute atomic E-state index is 11.2. The van der Waals surface area contributed by atoms with Crippen LogP contribution in [0.15, 0.2) is 0 Å². The van der Waals surface area contributed by atoms with E-state index < -0.39 is 0 Å². The van der Waals surface area contributed by atoms with Crippen LogP contribution in [0.4, 0.5) is 0 Å². The monoisotopic (exact) mass is 211 g/mol. The fourth-order valence-electron chi connectivity index (χ4n) is 1.22. The molecule has 0 bridgehead atoms. The Morgan fingerprint density at radius 1 is 1.53 bits per heavy atom. The topological polar surface area (TPSA) is 64.9 Å². The van der Waals surface area contributed by atoms with Crippen LogP contribution >= 0.6 is 0 Å². The first-order chi connectivity index (χ1) is 6.93.